The molecule has 74 valence electrons. The molecule has 5 heteroatoms. The predicted octanol–water partition coefficient (Wildman–Crippen LogP) is 2.68. The van der Waals surface area contributed by atoms with Gasteiger partial charge < -0.3 is 4.74 Å². The topological polar surface area (TPSA) is 35.0 Å². The Hall–Kier alpha value is -0.790. The van der Waals surface area contributed by atoms with Gasteiger partial charge in [0, 0.05) is 6.20 Å². The van der Waals surface area contributed by atoms with Gasteiger partial charge in [-0.05, 0) is 41.4 Å². The molecule has 0 saturated heterocycles. The lowest BCUT2D eigenvalue weighted by Gasteiger charge is -2.19. The molecule has 1 heterocycles. The number of aromatic nitrogens is 2. The van der Waals surface area contributed by atoms with E-state index >= 15 is 0 Å². The largest absolute Gasteiger partial charge is 0.458 e. The standard InChI is InChI=1S/C9H8BrClN2O/c1-4-9(2,3)14-7-6(10)5-12-8(11)13-7/h1,5H,2-3H3. The molecular formula is C9H8BrClN2O. The monoisotopic (exact) mass is 274 g/mol. The lowest BCUT2D eigenvalue weighted by Crippen LogP contribution is -2.26. The van der Waals surface area contributed by atoms with E-state index in [1.807, 2.05) is 0 Å². The van der Waals surface area contributed by atoms with Crippen molar-refractivity contribution in [2.24, 2.45) is 0 Å². The summed E-state index contributed by atoms with van der Waals surface area (Å²) in [7, 11) is 0. The molecule has 0 atom stereocenters. The molecule has 0 aliphatic carbocycles. The van der Waals surface area contributed by atoms with E-state index < -0.39 is 5.60 Å². The zero-order chi connectivity index (χ0) is 10.8. The molecule has 0 spiro atoms. The van der Waals surface area contributed by atoms with Crippen LogP contribution in [0.3, 0.4) is 0 Å². The number of terminal acetylenes is 1. The molecule has 14 heavy (non-hydrogen) atoms. The van der Waals surface area contributed by atoms with Crippen LogP contribution >= 0.6 is 27.5 Å². The van der Waals surface area contributed by atoms with Crippen molar-refractivity contribution in [3.8, 4) is 18.2 Å². The van der Waals surface area contributed by atoms with Crippen molar-refractivity contribution in [2.45, 2.75) is 19.4 Å². The normalized spacial score (nSPS) is 10.8. The quantitative estimate of drug-likeness (QED) is 0.615. The molecule has 0 aliphatic rings. The smallest absolute Gasteiger partial charge is 0.233 e. The van der Waals surface area contributed by atoms with E-state index in [1.54, 1.807) is 13.8 Å². The molecule has 0 bridgehead atoms. The van der Waals surface area contributed by atoms with Crippen LogP contribution < -0.4 is 4.74 Å². The molecule has 0 unspecified atom stereocenters. The molecule has 3 nitrogen and oxygen atoms in total. The summed E-state index contributed by atoms with van der Waals surface area (Å²) in [5.41, 5.74) is -0.722. The fourth-order valence-electron chi connectivity index (χ4n) is 0.674. The number of ether oxygens (including phenoxy) is 1. The molecule has 0 aromatic carbocycles. The van der Waals surface area contributed by atoms with Crippen LogP contribution in [0.1, 0.15) is 13.8 Å². The summed E-state index contributed by atoms with van der Waals surface area (Å²) in [4.78, 5) is 7.67. The Morgan fingerprint density at radius 1 is 1.64 bits per heavy atom. The van der Waals surface area contributed by atoms with E-state index in [0.29, 0.717) is 10.4 Å². The van der Waals surface area contributed by atoms with Gasteiger partial charge in [-0.25, -0.2) is 4.98 Å². The summed E-state index contributed by atoms with van der Waals surface area (Å²) < 4.78 is 6.06. The van der Waals surface area contributed by atoms with Crippen LogP contribution in [0.25, 0.3) is 0 Å². The first-order valence-electron chi connectivity index (χ1n) is 3.79. The van der Waals surface area contributed by atoms with Gasteiger partial charge in [0.05, 0.1) is 4.47 Å². The second-order valence-electron chi connectivity index (χ2n) is 3.05. The summed E-state index contributed by atoms with van der Waals surface area (Å²) in [6, 6.07) is 0. The van der Waals surface area contributed by atoms with Crippen molar-refractivity contribution in [1.82, 2.24) is 9.97 Å². The fraction of sp³-hybridized carbons (Fsp3) is 0.333. The number of nitrogens with zero attached hydrogens (tertiary/aromatic N) is 2. The average Bonchev–Trinajstić information content (AvgIpc) is 2.11. The van der Waals surface area contributed by atoms with E-state index in [2.05, 4.69) is 31.8 Å². The second-order valence-corrected chi connectivity index (χ2v) is 4.24. The van der Waals surface area contributed by atoms with Gasteiger partial charge in [-0.2, -0.15) is 4.98 Å². The predicted molar refractivity (Wildman–Crippen MR) is 58.3 cm³/mol. The van der Waals surface area contributed by atoms with Crippen LogP contribution in [0.15, 0.2) is 10.7 Å². The van der Waals surface area contributed by atoms with Crippen LogP contribution in [0.5, 0.6) is 5.88 Å². The summed E-state index contributed by atoms with van der Waals surface area (Å²) in [5.74, 6) is 2.83. The van der Waals surface area contributed by atoms with Crippen LogP contribution in [0.2, 0.25) is 5.28 Å². The van der Waals surface area contributed by atoms with Crippen LogP contribution in [-0.4, -0.2) is 15.6 Å². The SMILES string of the molecule is C#CC(C)(C)Oc1nc(Cl)ncc1Br. The summed E-state index contributed by atoms with van der Waals surface area (Å²) >= 11 is 8.85. The first kappa shape index (κ1) is 11.3. The van der Waals surface area contributed by atoms with E-state index in [9.17, 15) is 0 Å². The number of hydrogen-bond donors (Lipinski definition) is 0. The molecule has 0 radical (unpaired) electrons. The van der Waals surface area contributed by atoms with Gasteiger partial charge in [-0.3, -0.25) is 0 Å². The maximum absolute atomic E-state index is 5.61. The van der Waals surface area contributed by atoms with Crippen molar-refractivity contribution >= 4 is 27.5 Å². The van der Waals surface area contributed by atoms with Gasteiger partial charge in [0.15, 0.2) is 5.60 Å². The van der Waals surface area contributed by atoms with Gasteiger partial charge in [0.25, 0.3) is 0 Å². The highest BCUT2D eigenvalue weighted by atomic mass is 79.9. The second kappa shape index (κ2) is 4.16. The van der Waals surface area contributed by atoms with Gasteiger partial charge in [0.2, 0.25) is 11.2 Å². The van der Waals surface area contributed by atoms with Crippen molar-refractivity contribution in [2.75, 3.05) is 0 Å². The fourth-order valence-corrected chi connectivity index (χ4v) is 1.07. The third-order valence-electron chi connectivity index (χ3n) is 1.38. The third kappa shape index (κ3) is 2.86. The molecule has 0 N–H and O–H groups in total. The van der Waals surface area contributed by atoms with Crippen molar-refractivity contribution in [3.63, 3.8) is 0 Å². The van der Waals surface area contributed by atoms with Crippen molar-refractivity contribution in [1.29, 1.82) is 0 Å². The maximum atomic E-state index is 5.61. The Labute approximate surface area is 96.0 Å². The highest BCUT2D eigenvalue weighted by Crippen LogP contribution is 2.25. The Bertz CT molecular complexity index is 387. The van der Waals surface area contributed by atoms with Gasteiger partial charge >= 0.3 is 0 Å². The van der Waals surface area contributed by atoms with Gasteiger partial charge in [0.1, 0.15) is 0 Å². The van der Waals surface area contributed by atoms with Crippen molar-refractivity contribution in [3.05, 3.63) is 16.0 Å². The zero-order valence-corrected chi connectivity index (χ0v) is 10.1. The Balaban J connectivity index is 2.98. The highest BCUT2D eigenvalue weighted by Gasteiger charge is 2.18. The summed E-state index contributed by atoms with van der Waals surface area (Å²) in [5, 5.41) is 0.121. The number of rotatable bonds is 2. The van der Waals surface area contributed by atoms with E-state index in [0.717, 1.165) is 0 Å². The number of hydrogen-bond acceptors (Lipinski definition) is 3. The van der Waals surface area contributed by atoms with Crippen LogP contribution in [-0.2, 0) is 0 Å². The van der Waals surface area contributed by atoms with E-state index in [1.165, 1.54) is 6.20 Å². The Morgan fingerprint density at radius 3 is 2.86 bits per heavy atom. The first-order chi connectivity index (χ1) is 6.44. The Kier molecular flexibility index (Phi) is 3.35. The summed E-state index contributed by atoms with van der Waals surface area (Å²) in [6.07, 6.45) is 6.79. The molecule has 1 aromatic heterocycles. The van der Waals surface area contributed by atoms with Crippen LogP contribution in [0, 0.1) is 12.3 Å². The van der Waals surface area contributed by atoms with Crippen molar-refractivity contribution < 1.29 is 4.74 Å². The van der Waals surface area contributed by atoms with Crippen LogP contribution in [0.4, 0.5) is 0 Å². The molecule has 0 fully saturated rings. The molecule has 0 aliphatic heterocycles. The van der Waals surface area contributed by atoms with Gasteiger partial charge in [-0.15, -0.1) is 6.42 Å². The molecule has 0 saturated carbocycles. The molecule has 0 amide bonds. The van der Waals surface area contributed by atoms with Gasteiger partial charge in [-0.1, -0.05) is 5.92 Å². The highest BCUT2D eigenvalue weighted by molar-refractivity contribution is 9.10. The zero-order valence-electron chi connectivity index (χ0n) is 7.71. The van der Waals surface area contributed by atoms with E-state index in [4.69, 9.17) is 22.8 Å². The summed E-state index contributed by atoms with van der Waals surface area (Å²) in [6.45, 7) is 3.52. The Morgan fingerprint density at radius 2 is 2.29 bits per heavy atom. The molecular weight excluding hydrogens is 267 g/mol. The third-order valence-corrected chi connectivity index (χ3v) is 2.11. The number of halogens is 2. The molecule has 1 aromatic rings. The first-order valence-corrected chi connectivity index (χ1v) is 4.96. The minimum atomic E-state index is -0.722. The average molecular weight is 276 g/mol. The minimum absolute atomic E-state index is 0.121. The molecule has 1 rings (SSSR count). The minimum Gasteiger partial charge on any atom is -0.458 e. The van der Waals surface area contributed by atoms with E-state index in [-0.39, 0.29) is 5.28 Å². The lowest BCUT2D eigenvalue weighted by atomic mass is 10.1. The lowest BCUT2D eigenvalue weighted by molar-refractivity contribution is 0.163. The maximum Gasteiger partial charge on any atom is 0.233 e.